The largest absolute Gasteiger partial charge is 0.462 e. The summed E-state index contributed by atoms with van der Waals surface area (Å²) in [5.74, 6) is -0.845. The van der Waals surface area contributed by atoms with E-state index in [0.29, 0.717) is 6.42 Å². The minimum atomic E-state index is -5.95. The molecule has 0 aliphatic heterocycles. The van der Waals surface area contributed by atoms with Crippen LogP contribution < -0.4 is 0 Å². The summed E-state index contributed by atoms with van der Waals surface area (Å²) < 4.78 is 81.6. The van der Waals surface area contributed by atoms with Gasteiger partial charge in [-0.15, -0.1) is 0 Å². The molecular weight excluding hydrogens is 366 g/mol. The SMILES string of the molecule is CC(C)CC(C)(C(=O)OC(C)CC(O)(C(F)(F)F)C(F)(F)F)C(C)(C)C. The Labute approximate surface area is 150 Å². The third-order valence-electron chi connectivity index (χ3n) is 4.75. The van der Waals surface area contributed by atoms with Crippen molar-refractivity contribution in [3.8, 4) is 0 Å². The zero-order valence-corrected chi connectivity index (χ0v) is 16.1. The van der Waals surface area contributed by atoms with Crippen molar-refractivity contribution in [3.05, 3.63) is 0 Å². The molecule has 1 N–H and O–H groups in total. The fourth-order valence-corrected chi connectivity index (χ4v) is 2.67. The summed E-state index contributed by atoms with van der Waals surface area (Å²) >= 11 is 0. The molecule has 0 saturated heterocycles. The number of hydrogen-bond donors (Lipinski definition) is 1. The summed E-state index contributed by atoms with van der Waals surface area (Å²) in [4.78, 5) is 12.6. The number of alkyl halides is 6. The highest BCUT2D eigenvalue weighted by atomic mass is 19.4. The van der Waals surface area contributed by atoms with Crippen LogP contribution >= 0.6 is 0 Å². The fraction of sp³-hybridized carbons (Fsp3) is 0.941. The van der Waals surface area contributed by atoms with E-state index in [9.17, 15) is 36.2 Å². The Morgan fingerprint density at radius 2 is 1.27 bits per heavy atom. The molecule has 0 aliphatic carbocycles. The number of halogens is 6. The second-order valence-electron chi connectivity index (χ2n) is 8.46. The van der Waals surface area contributed by atoms with Gasteiger partial charge in [-0.3, -0.25) is 4.79 Å². The Morgan fingerprint density at radius 1 is 0.885 bits per heavy atom. The van der Waals surface area contributed by atoms with E-state index in [2.05, 4.69) is 0 Å². The highest BCUT2D eigenvalue weighted by Crippen LogP contribution is 2.47. The Hall–Kier alpha value is -0.990. The van der Waals surface area contributed by atoms with Crippen molar-refractivity contribution in [2.24, 2.45) is 16.7 Å². The number of hydrogen-bond acceptors (Lipinski definition) is 3. The number of esters is 1. The Morgan fingerprint density at radius 3 is 1.54 bits per heavy atom. The van der Waals surface area contributed by atoms with Crippen LogP contribution in [-0.2, 0) is 9.53 Å². The molecular formula is C17H28F6O3. The minimum Gasteiger partial charge on any atom is -0.462 e. The summed E-state index contributed by atoms with van der Waals surface area (Å²) in [5.41, 5.74) is -6.71. The molecule has 2 atom stereocenters. The van der Waals surface area contributed by atoms with Crippen LogP contribution in [0.5, 0.6) is 0 Å². The fourth-order valence-electron chi connectivity index (χ4n) is 2.67. The predicted octanol–water partition coefficient (Wildman–Crippen LogP) is 5.26. The lowest BCUT2D eigenvalue weighted by Gasteiger charge is -2.42. The number of carbonyl (C=O) groups excluding carboxylic acids is 1. The Balaban J connectivity index is 5.54. The van der Waals surface area contributed by atoms with Crippen LogP contribution in [0.3, 0.4) is 0 Å². The minimum absolute atomic E-state index is 0.0457. The van der Waals surface area contributed by atoms with Crippen molar-refractivity contribution >= 4 is 5.97 Å². The zero-order valence-electron chi connectivity index (χ0n) is 16.1. The summed E-state index contributed by atoms with van der Waals surface area (Å²) in [6.07, 6.45) is -15.2. The second-order valence-corrected chi connectivity index (χ2v) is 8.46. The predicted molar refractivity (Wildman–Crippen MR) is 84.2 cm³/mol. The number of rotatable bonds is 6. The van der Waals surface area contributed by atoms with E-state index in [0.717, 1.165) is 6.92 Å². The molecule has 0 aliphatic rings. The van der Waals surface area contributed by atoms with Crippen LogP contribution in [0.1, 0.15) is 61.3 Å². The van der Waals surface area contributed by atoms with E-state index in [-0.39, 0.29) is 5.92 Å². The van der Waals surface area contributed by atoms with Gasteiger partial charge in [0.2, 0.25) is 0 Å². The first-order chi connectivity index (χ1) is 11.2. The summed E-state index contributed by atoms with van der Waals surface area (Å²) in [7, 11) is 0. The normalized spacial score (nSPS) is 17.8. The molecule has 9 heteroatoms. The third-order valence-corrected chi connectivity index (χ3v) is 4.75. The van der Waals surface area contributed by atoms with Gasteiger partial charge >= 0.3 is 18.3 Å². The molecule has 2 unspecified atom stereocenters. The standard InChI is InChI=1S/C17H28F6O3/c1-10(2)8-14(7,13(4,5)6)12(24)26-11(3)9-15(25,16(18,19)20)17(21,22)23/h10-11,25H,8-9H2,1-7H3. The van der Waals surface area contributed by atoms with Crippen molar-refractivity contribution in [2.45, 2.75) is 85.4 Å². The van der Waals surface area contributed by atoms with Crippen LogP contribution in [0.25, 0.3) is 0 Å². The van der Waals surface area contributed by atoms with Crippen molar-refractivity contribution in [2.75, 3.05) is 0 Å². The van der Waals surface area contributed by atoms with Gasteiger partial charge < -0.3 is 9.84 Å². The molecule has 0 saturated carbocycles. The van der Waals surface area contributed by atoms with E-state index in [1.54, 1.807) is 27.7 Å². The second kappa shape index (κ2) is 7.56. The van der Waals surface area contributed by atoms with Crippen LogP contribution in [0.15, 0.2) is 0 Å². The molecule has 0 amide bonds. The zero-order chi connectivity index (χ0) is 21.4. The highest BCUT2D eigenvalue weighted by Gasteiger charge is 2.70. The lowest BCUT2D eigenvalue weighted by atomic mass is 9.64. The van der Waals surface area contributed by atoms with Gasteiger partial charge in [-0.1, -0.05) is 34.6 Å². The number of aliphatic hydroxyl groups is 1. The maximum atomic E-state index is 12.8. The maximum Gasteiger partial charge on any atom is 0.426 e. The van der Waals surface area contributed by atoms with E-state index in [1.807, 2.05) is 13.8 Å². The molecule has 26 heavy (non-hydrogen) atoms. The smallest absolute Gasteiger partial charge is 0.426 e. The average Bonchev–Trinajstić information content (AvgIpc) is 2.32. The van der Waals surface area contributed by atoms with Crippen LogP contribution in [0.4, 0.5) is 26.3 Å². The lowest BCUT2D eigenvalue weighted by Crippen LogP contribution is -2.58. The molecule has 0 spiro atoms. The third kappa shape index (κ3) is 5.27. The molecule has 3 nitrogen and oxygen atoms in total. The van der Waals surface area contributed by atoms with Gasteiger partial charge in [0, 0.05) is 6.42 Å². The van der Waals surface area contributed by atoms with Gasteiger partial charge in [-0.2, -0.15) is 26.3 Å². The molecule has 0 heterocycles. The topological polar surface area (TPSA) is 46.5 Å². The van der Waals surface area contributed by atoms with E-state index >= 15 is 0 Å². The summed E-state index contributed by atoms with van der Waals surface area (Å²) in [6.45, 7) is 11.4. The molecule has 0 fully saturated rings. The first-order valence-electron chi connectivity index (χ1n) is 8.26. The van der Waals surface area contributed by atoms with Crippen LogP contribution in [-0.4, -0.2) is 35.1 Å². The van der Waals surface area contributed by atoms with Crippen molar-refractivity contribution in [3.63, 3.8) is 0 Å². The molecule has 0 aromatic rings. The van der Waals surface area contributed by atoms with Gasteiger partial charge in [0.05, 0.1) is 5.41 Å². The summed E-state index contributed by atoms with van der Waals surface area (Å²) in [5, 5.41) is 9.23. The van der Waals surface area contributed by atoms with Gasteiger partial charge in [0.25, 0.3) is 5.60 Å². The first-order valence-corrected chi connectivity index (χ1v) is 8.26. The monoisotopic (exact) mass is 394 g/mol. The Bertz CT molecular complexity index is 476. The van der Waals surface area contributed by atoms with Gasteiger partial charge in [0.1, 0.15) is 6.10 Å². The van der Waals surface area contributed by atoms with Crippen LogP contribution in [0, 0.1) is 16.7 Å². The molecule has 0 aromatic heterocycles. The van der Waals surface area contributed by atoms with Gasteiger partial charge in [-0.05, 0) is 31.6 Å². The van der Waals surface area contributed by atoms with Crippen LogP contribution in [0.2, 0.25) is 0 Å². The molecule has 0 rings (SSSR count). The molecule has 156 valence electrons. The first kappa shape index (κ1) is 25.0. The highest BCUT2D eigenvalue weighted by molar-refractivity contribution is 5.77. The molecule has 0 aromatic carbocycles. The van der Waals surface area contributed by atoms with E-state index < -0.39 is 47.3 Å². The number of carbonyl (C=O) groups is 1. The molecule has 0 radical (unpaired) electrons. The number of ether oxygens (including phenoxy) is 1. The van der Waals surface area contributed by atoms with Crippen molar-refractivity contribution in [1.82, 2.24) is 0 Å². The van der Waals surface area contributed by atoms with E-state index in [1.165, 1.54) is 0 Å². The van der Waals surface area contributed by atoms with Gasteiger partial charge in [-0.25, -0.2) is 0 Å². The lowest BCUT2D eigenvalue weighted by molar-refractivity contribution is -0.373. The van der Waals surface area contributed by atoms with Gasteiger partial charge in [0.15, 0.2) is 0 Å². The maximum absolute atomic E-state index is 12.8. The molecule has 0 bridgehead atoms. The Kier molecular flexibility index (Phi) is 7.27. The average molecular weight is 394 g/mol. The van der Waals surface area contributed by atoms with Crippen molar-refractivity contribution < 1.29 is 41.0 Å². The summed E-state index contributed by atoms with van der Waals surface area (Å²) in [6, 6.07) is 0. The van der Waals surface area contributed by atoms with E-state index in [4.69, 9.17) is 4.74 Å². The quantitative estimate of drug-likeness (QED) is 0.494. The van der Waals surface area contributed by atoms with Crippen molar-refractivity contribution in [1.29, 1.82) is 0 Å².